The van der Waals surface area contributed by atoms with E-state index < -0.39 is 0 Å². The molecule has 0 saturated carbocycles. The van der Waals surface area contributed by atoms with Crippen LogP contribution in [-0.2, 0) is 5.41 Å². The lowest BCUT2D eigenvalue weighted by molar-refractivity contribution is -0.539. The van der Waals surface area contributed by atoms with Crippen LogP contribution in [0.3, 0.4) is 0 Å². The monoisotopic (exact) mass is 257 g/mol. The molecule has 1 heterocycles. The molecule has 0 radical (unpaired) electrons. The summed E-state index contributed by atoms with van der Waals surface area (Å²) in [5.74, 6) is 0. The number of nitrogens with two attached hydrogens (primary N) is 1. The number of fused-ring (bicyclic) bond motifs is 1. The molecule has 2 heteroatoms. The summed E-state index contributed by atoms with van der Waals surface area (Å²) in [6.45, 7) is 11.5. The lowest BCUT2D eigenvalue weighted by Crippen LogP contribution is -2.83. The van der Waals surface area contributed by atoms with E-state index in [1.165, 1.54) is 22.5 Å². The Hall–Kier alpha value is -1.41. The first-order valence-corrected chi connectivity index (χ1v) is 6.90. The zero-order chi connectivity index (χ0) is 14.3. The molecule has 0 saturated heterocycles. The molecule has 1 aromatic carbocycles. The van der Waals surface area contributed by atoms with Crippen LogP contribution < -0.4 is 5.32 Å². The predicted octanol–water partition coefficient (Wildman–Crippen LogP) is 3.09. The quantitative estimate of drug-likeness (QED) is 0.592. The van der Waals surface area contributed by atoms with Gasteiger partial charge < -0.3 is 0 Å². The number of benzene rings is 1. The Morgan fingerprint density at radius 3 is 2.42 bits per heavy atom. The molecule has 1 aromatic rings. The van der Waals surface area contributed by atoms with Crippen molar-refractivity contribution in [1.82, 2.24) is 0 Å². The van der Waals surface area contributed by atoms with Gasteiger partial charge in [-0.25, -0.2) is 0 Å². The van der Waals surface area contributed by atoms with E-state index in [1.807, 2.05) is 13.3 Å². The maximum atomic E-state index is 4.10. The SMILES string of the molecule is CN=CC=C1[NH2+]c2c(C)cccc2C(C)(C)C1(C)C. The molecule has 1 aliphatic heterocycles. The molecule has 0 aromatic heterocycles. The van der Waals surface area contributed by atoms with Crippen LogP contribution in [0, 0.1) is 12.3 Å². The number of para-hydroxylation sites is 1. The summed E-state index contributed by atoms with van der Waals surface area (Å²) in [7, 11) is 1.82. The number of aryl methyl sites for hydroxylation is 1. The van der Waals surface area contributed by atoms with Crippen LogP contribution in [0.5, 0.6) is 0 Å². The third-order valence-electron chi connectivity index (χ3n) is 4.98. The van der Waals surface area contributed by atoms with E-state index in [0.29, 0.717) is 0 Å². The normalized spacial score (nSPS) is 22.7. The molecule has 0 aliphatic carbocycles. The highest BCUT2D eigenvalue weighted by atomic mass is 14.9. The van der Waals surface area contributed by atoms with Gasteiger partial charge in [0.15, 0.2) is 0 Å². The fourth-order valence-corrected chi connectivity index (χ4v) is 2.86. The Bertz CT molecular complexity index is 548. The largest absolute Gasteiger partial charge is 0.296 e. The first-order valence-electron chi connectivity index (χ1n) is 6.90. The Labute approximate surface area is 116 Å². The molecule has 0 fully saturated rings. The van der Waals surface area contributed by atoms with Crippen LogP contribution in [0.25, 0.3) is 0 Å². The molecule has 2 rings (SSSR count). The van der Waals surface area contributed by atoms with E-state index >= 15 is 0 Å². The minimum absolute atomic E-state index is 0.0922. The highest BCUT2D eigenvalue weighted by Crippen LogP contribution is 2.49. The van der Waals surface area contributed by atoms with Gasteiger partial charge >= 0.3 is 0 Å². The molecular formula is C17H25N2+. The molecular weight excluding hydrogens is 232 g/mol. The summed E-state index contributed by atoms with van der Waals surface area (Å²) in [5, 5.41) is 2.33. The predicted molar refractivity (Wildman–Crippen MR) is 82.1 cm³/mol. The number of aliphatic imine (C=N–C) groups is 1. The minimum Gasteiger partial charge on any atom is -0.296 e. The van der Waals surface area contributed by atoms with Crippen LogP contribution in [0.15, 0.2) is 35.0 Å². The van der Waals surface area contributed by atoms with Crippen molar-refractivity contribution in [3.63, 3.8) is 0 Å². The number of rotatable bonds is 1. The van der Waals surface area contributed by atoms with Gasteiger partial charge in [0, 0.05) is 41.3 Å². The molecule has 0 atom stereocenters. The van der Waals surface area contributed by atoms with Crippen molar-refractivity contribution in [3.05, 3.63) is 41.1 Å². The van der Waals surface area contributed by atoms with Crippen molar-refractivity contribution in [3.8, 4) is 0 Å². The van der Waals surface area contributed by atoms with Gasteiger partial charge in [-0.05, 0) is 20.8 Å². The summed E-state index contributed by atoms with van der Waals surface area (Å²) in [4.78, 5) is 4.10. The Balaban J connectivity index is 2.67. The second kappa shape index (κ2) is 4.61. The zero-order valence-electron chi connectivity index (χ0n) is 12.9. The molecule has 0 bridgehead atoms. The lowest BCUT2D eigenvalue weighted by atomic mass is 9.60. The van der Waals surface area contributed by atoms with Crippen molar-refractivity contribution < 1.29 is 5.32 Å². The van der Waals surface area contributed by atoms with E-state index in [1.54, 1.807) is 0 Å². The van der Waals surface area contributed by atoms with Crippen molar-refractivity contribution in [1.29, 1.82) is 0 Å². The first kappa shape index (κ1) is 14.0. The average molecular weight is 257 g/mol. The Morgan fingerprint density at radius 2 is 1.79 bits per heavy atom. The molecule has 0 unspecified atom stereocenters. The van der Waals surface area contributed by atoms with E-state index in [-0.39, 0.29) is 10.8 Å². The van der Waals surface area contributed by atoms with Gasteiger partial charge in [-0.1, -0.05) is 32.0 Å². The van der Waals surface area contributed by atoms with Crippen molar-refractivity contribution >= 4 is 11.9 Å². The van der Waals surface area contributed by atoms with Crippen molar-refractivity contribution in [2.75, 3.05) is 7.05 Å². The van der Waals surface area contributed by atoms with Crippen molar-refractivity contribution in [2.45, 2.75) is 40.0 Å². The maximum Gasteiger partial charge on any atom is 0.141 e. The Kier molecular flexibility index (Phi) is 3.40. The summed E-state index contributed by atoms with van der Waals surface area (Å²) in [6, 6.07) is 6.63. The maximum absolute atomic E-state index is 4.10. The van der Waals surface area contributed by atoms with Gasteiger partial charge in [0.1, 0.15) is 11.4 Å². The van der Waals surface area contributed by atoms with Crippen LogP contribution in [0.2, 0.25) is 0 Å². The third kappa shape index (κ3) is 2.04. The van der Waals surface area contributed by atoms with E-state index in [2.05, 4.69) is 69.2 Å². The standard InChI is InChI=1S/C17H24N2/c1-12-8-7-9-13-15(12)19-14(10-11-18-6)17(4,5)16(13,2)3/h7-11,19H,1-6H3/p+1. The summed E-state index contributed by atoms with van der Waals surface area (Å²) < 4.78 is 0. The van der Waals surface area contributed by atoms with Gasteiger partial charge in [-0.3, -0.25) is 10.3 Å². The van der Waals surface area contributed by atoms with Gasteiger partial charge in [0.2, 0.25) is 0 Å². The van der Waals surface area contributed by atoms with Gasteiger partial charge in [-0.15, -0.1) is 0 Å². The lowest BCUT2D eigenvalue weighted by Gasteiger charge is -2.45. The summed E-state index contributed by atoms with van der Waals surface area (Å²) in [5.41, 5.74) is 5.72. The topological polar surface area (TPSA) is 29.0 Å². The summed E-state index contributed by atoms with van der Waals surface area (Å²) >= 11 is 0. The number of quaternary nitrogens is 1. The highest BCUT2D eigenvalue weighted by Gasteiger charge is 2.49. The molecule has 0 spiro atoms. The highest BCUT2D eigenvalue weighted by molar-refractivity contribution is 5.72. The molecule has 2 nitrogen and oxygen atoms in total. The molecule has 2 N–H and O–H groups in total. The van der Waals surface area contributed by atoms with Crippen LogP contribution in [-0.4, -0.2) is 13.3 Å². The van der Waals surface area contributed by atoms with E-state index in [9.17, 15) is 0 Å². The third-order valence-corrected chi connectivity index (χ3v) is 4.98. The van der Waals surface area contributed by atoms with E-state index in [0.717, 1.165) is 0 Å². The Morgan fingerprint density at radius 1 is 1.11 bits per heavy atom. The summed E-state index contributed by atoms with van der Waals surface area (Å²) in [6.07, 6.45) is 4.05. The molecule has 19 heavy (non-hydrogen) atoms. The number of hydrogen-bond acceptors (Lipinski definition) is 1. The van der Waals surface area contributed by atoms with Crippen molar-refractivity contribution in [2.24, 2.45) is 10.4 Å². The minimum atomic E-state index is 0.0922. The average Bonchev–Trinajstić information content (AvgIpc) is 2.34. The number of nitrogens with zero attached hydrogens (tertiary/aromatic N) is 1. The zero-order valence-corrected chi connectivity index (χ0v) is 12.9. The van der Waals surface area contributed by atoms with Crippen LogP contribution >= 0.6 is 0 Å². The molecule has 102 valence electrons. The van der Waals surface area contributed by atoms with Gasteiger partial charge in [0.25, 0.3) is 0 Å². The fourth-order valence-electron chi connectivity index (χ4n) is 2.86. The van der Waals surface area contributed by atoms with Gasteiger partial charge in [0.05, 0.1) is 0 Å². The number of allylic oxidation sites excluding steroid dienone is 2. The number of hydrogen-bond donors (Lipinski definition) is 1. The van der Waals surface area contributed by atoms with Crippen LogP contribution in [0.4, 0.5) is 5.69 Å². The smallest absolute Gasteiger partial charge is 0.141 e. The second-order valence-corrected chi connectivity index (χ2v) is 6.46. The first-order chi connectivity index (χ1) is 8.82. The van der Waals surface area contributed by atoms with E-state index in [4.69, 9.17) is 0 Å². The second-order valence-electron chi connectivity index (χ2n) is 6.46. The van der Waals surface area contributed by atoms with Gasteiger partial charge in [-0.2, -0.15) is 0 Å². The molecule has 0 amide bonds. The van der Waals surface area contributed by atoms with Crippen LogP contribution in [0.1, 0.15) is 38.8 Å². The fraction of sp³-hybridized carbons (Fsp3) is 0.471. The molecule has 1 aliphatic rings.